The van der Waals surface area contributed by atoms with Gasteiger partial charge in [0.25, 0.3) is 6.02 Å². The van der Waals surface area contributed by atoms with Gasteiger partial charge in [0.15, 0.2) is 0 Å². The second-order valence-electron chi connectivity index (χ2n) is 5.58. The van der Waals surface area contributed by atoms with Gasteiger partial charge in [0.2, 0.25) is 0 Å². The van der Waals surface area contributed by atoms with Gasteiger partial charge in [0.05, 0.1) is 14.6 Å². The van der Waals surface area contributed by atoms with Crippen LogP contribution >= 0.6 is 0 Å². The third-order valence-corrected chi connectivity index (χ3v) is 5.92. The van der Waals surface area contributed by atoms with Crippen molar-refractivity contribution < 1.29 is 4.74 Å². The molecule has 0 aromatic heterocycles. The third-order valence-electron chi connectivity index (χ3n) is 3.32. The van der Waals surface area contributed by atoms with E-state index in [-0.39, 0.29) is 0 Å². The first-order valence-electron chi connectivity index (χ1n) is 6.03. The first-order valence-corrected chi connectivity index (χ1v) is 9.60. The van der Waals surface area contributed by atoms with E-state index in [1.165, 1.54) is 19.3 Å². The van der Waals surface area contributed by atoms with Gasteiger partial charge in [-0.3, -0.25) is 0 Å². The van der Waals surface area contributed by atoms with Crippen LogP contribution < -0.4 is 0 Å². The number of aliphatic imine (C=N–C) groups is 1. The maximum atomic E-state index is 5.62. The molecule has 2 aliphatic rings. The van der Waals surface area contributed by atoms with Gasteiger partial charge in [0.1, 0.15) is 6.61 Å². The Morgan fingerprint density at radius 1 is 1.33 bits per heavy atom. The lowest BCUT2D eigenvalue weighted by Gasteiger charge is -2.42. The second kappa shape index (κ2) is 4.16. The fourth-order valence-corrected chi connectivity index (χ4v) is 4.80. The molecule has 2 aliphatic heterocycles. The van der Waals surface area contributed by atoms with Crippen molar-refractivity contribution in [1.82, 2.24) is 4.90 Å². The van der Waals surface area contributed by atoms with Crippen molar-refractivity contribution in [3.63, 3.8) is 0 Å². The Hall–Kier alpha value is -0.513. The predicted octanol–water partition coefficient (Wildman–Crippen LogP) is 2.10. The predicted molar refractivity (Wildman–Crippen MR) is 65.9 cm³/mol. The van der Waals surface area contributed by atoms with Crippen molar-refractivity contribution in [3.8, 4) is 0 Å². The smallest absolute Gasteiger partial charge is 0.287 e. The lowest BCUT2D eigenvalue weighted by molar-refractivity contribution is 0.217. The van der Waals surface area contributed by atoms with Gasteiger partial charge in [0, 0.05) is 12.2 Å². The summed E-state index contributed by atoms with van der Waals surface area (Å²) in [6.45, 7) is 10.1. The van der Waals surface area contributed by atoms with Gasteiger partial charge >= 0.3 is 0 Å². The number of amidine groups is 1. The zero-order valence-electron chi connectivity index (χ0n) is 10.1. The quantitative estimate of drug-likeness (QED) is 0.640. The molecule has 3 nitrogen and oxygen atoms in total. The summed E-state index contributed by atoms with van der Waals surface area (Å²) < 4.78 is 5.62. The van der Waals surface area contributed by atoms with Crippen LogP contribution in [-0.2, 0) is 4.74 Å². The van der Waals surface area contributed by atoms with Crippen LogP contribution in [0.25, 0.3) is 0 Å². The molecule has 4 heteroatoms. The molecule has 0 aromatic rings. The number of nitrogens with zero attached hydrogens (tertiary/aromatic N) is 2. The minimum absolute atomic E-state index is 0.725. The van der Waals surface area contributed by atoms with E-state index in [0.717, 1.165) is 31.4 Å². The van der Waals surface area contributed by atoms with E-state index in [0.29, 0.717) is 0 Å². The molecule has 15 heavy (non-hydrogen) atoms. The Labute approximate surface area is 93.5 Å². The highest BCUT2D eigenvalue weighted by atomic mass is 28.3. The molecule has 1 saturated heterocycles. The summed E-state index contributed by atoms with van der Waals surface area (Å²) >= 11 is 0. The van der Waals surface area contributed by atoms with E-state index in [2.05, 4.69) is 29.5 Å². The maximum Gasteiger partial charge on any atom is 0.287 e. The van der Waals surface area contributed by atoms with Crippen LogP contribution in [0.4, 0.5) is 0 Å². The summed E-state index contributed by atoms with van der Waals surface area (Å²) in [6.07, 6.45) is 4.00. The molecule has 1 atom stereocenters. The van der Waals surface area contributed by atoms with Crippen LogP contribution in [0.1, 0.15) is 19.3 Å². The minimum Gasteiger partial charge on any atom is -0.463 e. The number of hydrogen-bond donors (Lipinski definition) is 0. The van der Waals surface area contributed by atoms with Crippen LogP contribution in [0.2, 0.25) is 19.6 Å². The van der Waals surface area contributed by atoms with Crippen LogP contribution in [0.15, 0.2) is 4.99 Å². The van der Waals surface area contributed by atoms with Gasteiger partial charge in [-0.05, 0) is 19.3 Å². The molecule has 0 spiro atoms. The number of hydrogen-bond acceptors (Lipinski definition) is 3. The molecule has 0 aliphatic carbocycles. The first-order chi connectivity index (χ1) is 7.09. The van der Waals surface area contributed by atoms with E-state index in [9.17, 15) is 0 Å². The summed E-state index contributed by atoms with van der Waals surface area (Å²) in [4.78, 5) is 6.91. The zero-order valence-corrected chi connectivity index (χ0v) is 11.1. The van der Waals surface area contributed by atoms with Crippen molar-refractivity contribution in [3.05, 3.63) is 0 Å². The molecule has 2 heterocycles. The standard InChI is InChI=1S/C11H22N2OSi/c1-15(2,3)10-6-4-5-8-13(10)11-12-7-9-14-11/h10H,4-9H2,1-3H3/t10-/m1/s1. The Kier molecular flexibility index (Phi) is 3.05. The van der Waals surface area contributed by atoms with Crippen molar-refractivity contribution in [2.45, 2.75) is 44.6 Å². The van der Waals surface area contributed by atoms with Gasteiger partial charge in [-0.2, -0.15) is 0 Å². The monoisotopic (exact) mass is 226 g/mol. The molecule has 86 valence electrons. The molecule has 1 fully saturated rings. The van der Waals surface area contributed by atoms with Crippen LogP contribution in [0.3, 0.4) is 0 Å². The normalized spacial score (nSPS) is 27.5. The lowest BCUT2D eigenvalue weighted by Crippen LogP contribution is -2.55. The number of ether oxygens (including phenoxy) is 1. The van der Waals surface area contributed by atoms with Gasteiger partial charge in [-0.1, -0.05) is 19.6 Å². The van der Waals surface area contributed by atoms with Crippen molar-refractivity contribution in [1.29, 1.82) is 0 Å². The SMILES string of the molecule is C[Si](C)(C)[C@@H]1CCCCN1C1=NCCO1. The second-order valence-corrected chi connectivity index (χ2v) is 11.0. The van der Waals surface area contributed by atoms with E-state index < -0.39 is 8.07 Å². The Bertz CT molecular complexity index is 260. The van der Waals surface area contributed by atoms with Crippen molar-refractivity contribution in [2.75, 3.05) is 19.7 Å². The molecule has 0 N–H and O–H groups in total. The summed E-state index contributed by atoms with van der Waals surface area (Å²) in [5.74, 6) is 0. The highest BCUT2D eigenvalue weighted by Crippen LogP contribution is 2.26. The summed E-state index contributed by atoms with van der Waals surface area (Å²) in [7, 11) is -1.12. The molecule has 0 unspecified atom stereocenters. The highest BCUT2D eigenvalue weighted by Gasteiger charge is 2.36. The highest BCUT2D eigenvalue weighted by molar-refractivity contribution is 6.77. The minimum atomic E-state index is -1.12. The number of likely N-dealkylation sites (tertiary alicyclic amines) is 1. The third kappa shape index (κ3) is 2.36. The van der Waals surface area contributed by atoms with Gasteiger partial charge in [-0.25, -0.2) is 4.99 Å². The van der Waals surface area contributed by atoms with Crippen LogP contribution in [-0.4, -0.2) is 44.4 Å². The van der Waals surface area contributed by atoms with Gasteiger partial charge in [-0.15, -0.1) is 0 Å². The summed E-state index contributed by atoms with van der Waals surface area (Å²) in [5.41, 5.74) is 0.725. The van der Waals surface area contributed by atoms with E-state index in [1.54, 1.807) is 0 Å². The fraction of sp³-hybridized carbons (Fsp3) is 0.909. The molecule has 0 aromatic carbocycles. The first kappa shape index (κ1) is 11.0. The Balaban J connectivity index is 2.12. The molecule has 0 saturated carbocycles. The van der Waals surface area contributed by atoms with E-state index >= 15 is 0 Å². The Morgan fingerprint density at radius 3 is 2.73 bits per heavy atom. The molecular weight excluding hydrogens is 204 g/mol. The van der Waals surface area contributed by atoms with Crippen molar-refractivity contribution >= 4 is 14.1 Å². The average Bonchev–Trinajstić information content (AvgIpc) is 2.69. The topological polar surface area (TPSA) is 24.8 Å². The van der Waals surface area contributed by atoms with E-state index in [4.69, 9.17) is 4.74 Å². The zero-order chi connectivity index (χ0) is 10.9. The summed E-state index contributed by atoms with van der Waals surface area (Å²) in [5, 5.41) is 0. The fourth-order valence-electron chi connectivity index (χ4n) is 2.56. The molecule has 2 rings (SSSR count). The van der Waals surface area contributed by atoms with Crippen molar-refractivity contribution in [2.24, 2.45) is 4.99 Å². The number of rotatable bonds is 1. The molecule has 0 amide bonds. The van der Waals surface area contributed by atoms with Crippen LogP contribution in [0.5, 0.6) is 0 Å². The maximum absolute atomic E-state index is 5.62. The van der Waals surface area contributed by atoms with Crippen LogP contribution in [0, 0.1) is 0 Å². The lowest BCUT2D eigenvalue weighted by atomic mass is 10.1. The Morgan fingerprint density at radius 2 is 2.13 bits per heavy atom. The molecular formula is C11H22N2OSi. The largest absolute Gasteiger partial charge is 0.463 e. The molecule has 0 radical (unpaired) electrons. The van der Waals surface area contributed by atoms with Gasteiger partial charge < -0.3 is 9.64 Å². The molecule has 0 bridgehead atoms. The number of piperidine rings is 1. The summed E-state index contributed by atoms with van der Waals surface area (Å²) in [6, 6.07) is 0.933. The average molecular weight is 226 g/mol. The van der Waals surface area contributed by atoms with E-state index in [1.807, 2.05) is 0 Å².